The van der Waals surface area contributed by atoms with Crippen LogP contribution in [0.5, 0.6) is 0 Å². The van der Waals surface area contributed by atoms with Crippen LogP contribution < -0.4 is 5.32 Å². The minimum Gasteiger partial charge on any atom is -0.453 e. The number of nitro groups is 1. The molecule has 1 fully saturated rings. The number of rotatable bonds is 3. The predicted molar refractivity (Wildman–Crippen MR) is 83.7 cm³/mol. The molecule has 1 amide bonds. The molecule has 0 bridgehead atoms. The third kappa shape index (κ3) is 3.72. The van der Waals surface area contributed by atoms with Crippen molar-refractivity contribution in [3.8, 4) is 0 Å². The van der Waals surface area contributed by atoms with E-state index in [0.717, 1.165) is 0 Å². The van der Waals surface area contributed by atoms with E-state index in [0.29, 0.717) is 31.6 Å². The lowest BCUT2D eigenvalue weighted by Crippen LogP contribution is -2.42. The van der Waals surface area contributed by atoms with Gasteiger partial charge >= 0.3 is 6.09 Å². The smallest absolute Gasteiger partial charge is 0.409 e. The minimum absolute atomic E-state index is 0.0809. The molecule has 2 rings (SSSR count). The lowest BCUT2D eigenvalue weighted by Gasteiger charge is -2.32. The van der Waals surface area contributed by atoms with Gasteiger partial charge in [0.1, 0.15) is 0 Å². The number of hydrogen-bond donors (Lipinski definition) is 1. The first kappa shape index (κ1) is 16.6. The fourth-order valence-corrected chi connectivity index (χ4v) is 2.93. The fourth-order valence-electron chi connectivity index (χ4n) is 2.34. The fraction of sp³-hybridized carbons (Fsp3) is 0.462. The molecule has 0 atom stereocenters. The van der Waals surface area contributed by atoms with Crippen LogP contribution >= 0.6 is 23.2 Å². The number of anilines is 1. The number of nitro benzene ring substituents is 1. The Balaban J connectivity index is 2.03. The van der Waals surface area contributed by atoms with E-state index in [-0.39, 0.29) is 27.9 Å². The van der Waals surface area contributed by atoms with Gasteiger partial charge in [0.2, 0.25) is 0 Å². The standard InChI is InChI=1S/C13H15Cl2N3O4/c1-22-13(19)17-4-2-8(3-5-17)16-12-10(14)6-9(18(20)21)7-11(12)15/h6-8,16H,2-5H2,1H3. The summed E-state index contributed by atoms with van der Waals surface area (Å²) in [6.45, 7) is 1.12. The lowest BCUT2D eigenvalue weighted by molar-refractivity contribution is -0.384. The molecular weight excluding hydrogens is 333 g/mol. The van der Waals surface area contributed by atoms with E-state index >= 15 is 0 Å². The molecule has 0 unspecified atom stereocenters. The first-order valence-corrected chi connectivity index (χ1v) is 7.41. The Kier molecular flexibility index (Phi) is 5.31. The number of piperidine rings is 1. The van der Waals surface area contributed by atoms with Crippen molar-refractivity contribution in [3.63, 3.8) is 0 Å². The summed E-state index contributed by atoms with van der Waals surface area (Å²) in [7, 11) is 1.35. The van der Waals surface area contributed by atoms with Gasteiger partial charge in [-0.05, 0) is 12.8 Å². The van der Waals surface area contributed by atoms with Gasteiger partial charge in [-0.3, -0.25) is 10.1 Å². The summed E-state index contributed by atoms with van der Waals surface area (Å²) in [6, 6.07) is 2.61. The summed E-state index contributed by atoms with van der Waals surface area (Å²) >= 11 is 12.1. The number of hydrogen-bond acceptors (Lipinski definition) is 5. The maximum atomic E-state index is 11.4. The molecule has 22 heavy (non-hydrogen) atoms. The highest BCUT2D eigenvalue weighted by Crippen LogP contribution is 2.35. The second-order valence-electron chi connectivity index (χ2n) is 4.92. The normalized spacial score (nSPS) is 15.5. The van der Waals surface area contributed by atoms with Crippen LogP contribution in [0.3, 0.4) is 0 Å². The molecule has 1 aliphatic heterocycles. The van der Waals surface area contributed by atoms with Gasteiger partial charge < -0.3 is 15.0 Å². The van der Waals surface area contributed by atoms with Crippen molar-refractivity contribution < 1.29 is 14.5 Å². The zero-order valence-electron chi connectivity index (χ0n) is 11.8. The molecule has 9 heteroatoms. The quantitative estimate of drug-likeness (QED) is 0.667. The van der Waals surface area contributed by atoms with E-state index in [2.05, 4.69) is 10.1 Å². The number of ether oxygens (including phenoxy) is 1. The van der Waals surface area contributed by atoms with Gasteiger partial charge in [-0.2, -0.15) is 0 Å². The van der Waals surface area contributed by atoms with Crippen molar-refractivity contribution in [3.05, 3.63) is 32.3 Å². The van der Waals surface area contributed by atoms with Crippen molar-refractivity contribution in [2.75, 3.05) is 25.5 Å². The van der Waals surface area contributed by atoms with Crippen LogP contribution in [0.4, 0.5) is 16.2 Å². The number of nitrogens with one attached hydrogen (secondary N) is 1. The number of likely N-dealkylation sites (tertiary alicyclic amines) is 1. The van der Waals surface area contributed by atoms with Crippen molar-refractivity contribution in [1.29, 1.82) is 0 Å². The van der Waals surface area contributed by atoms with Gasteiger partial charge in [0.05, 0.1) is 27.8 Å². The van der Waals surface area contributed by atoms with E-state index in [9.17, 15) is 14.9 Å². The number of methoxy groups -OCH3 is 1. The summed E-state index contributed by atoms with van der Waals surface area (Å²) in [6.07, 6.45) is 1.07. The van der Waals surface area contributed by atoms with E-state index in [1.54, 1.807) is 4.90 Å². The highest BCUT2D eigenvalue weighted by molar-refractivity contribution is 6.39. The second-order valence-corrected chi connectivity index (χ2v) is 5.73. The molecule has 0 aliphatic carbocycles. The van der Waals surface area contributed by atoms with E-state index in [1.807, 2.05) is 0 Å². The van der Waals surface area contributed by atoms with Crippen molar-refractivity contribution in [2.24, 2.45) is 0 Å². The number of nitrogens with zero attached hydrogens (tertiary/aromatic N) is 2. The lowest BCUT2D eigenvalue weighted by atomic mass is 10.0. The maximum Gasteiger partial charge on any atom is 0.409 e. The van der Waals surface area contributed by atoms with Gasteiger partial charge in [-0.1, -0.05) is 23.2 Å². The number of halogens is 2. The van der Waals surface area contributed by atoms with Gasteiger partial charge in [0.15, 0.2) is 0 Å². The number of benzene rings is 1. The van der Waals surface area contributed by atoms with Crippen molar-refractivity contribution >= 4 is 40.7 Å². The highest BCUT2D eigenvalue weighted by atomic mass is 35.5. The van der Waals surface area contributed by atoms with Crippen molar-refractivity contribution in [1.82, 2.24) is 4.90 Å². The first-order chi connectivity index (χ1) is 10.4. The first-order valence-electron chi connectivity index (χ1n) is 6.65. The summed E-state index contributed by atoms with van der Waals surface area (Å²) in [5, 5.41) is 14.4. The topological polar surface area (TPSA) is 84.7 Å². The third-order valence-electron chi connectivity index (χ3n) is 3.51. The van der Waals surface area contributed by atoms with Crippen LogP contribution in [-0.2, 0) is 4.74 Å². The molecule has 1 aliphatic rings. The molecule has 1 aromatic carbocycles. The Morgan fingerprint density at radius 3 is 2.36 bits per heavy atom. The molecule has 0 aromatic heterocycles. The van der Waals surface area contributed by atoms with Crippen LogP contribution in [0.25, 0.3) is 0 Å². The molecule has 1 aromatic rings. The van der Waals surface area contributed by atoms with Crippen LogP contribution in [0.1, 0.15) is 12.8 Å². The summed E-state index contributed by atoms with van der Waals surface area (Å²) in [5.74, 6) is 0. The SMILES string of the molecule is COC(=O)N1CCC(Nc2c(Cl)cc([N+](=O)[O-])cc2Cl)CC1. The largest absolute Gasteiger partial charge is 0.453 e. The number of carbonyl (C=O) groups excluding carboxylic acids is 1. The average Bonchev–Trinajstić information content (AvgIpc) is 2.50. The highest BCUT2D eigenvalue weighted by Gasteiger charge is 2.24. The summed E-state index contributed by atoms with van der Waals surface area (Å²) in [4.78, 5) is 23.2. The summed E-state index contributed by atoms with van der Waals surface area (Å²) < 4.78 is 4.68. The Hall–Kier alpha value is -1.73. The Morgan fingerprint density at radius 2 is 1.91 bits per heavy atom. The number of amides is 1. The monoisotopic (exact) mass is 347 g/mol. The molecular formula is C13H15Cl2N3O4. The zero-order valence-corrected chi connectivity index (χ0v) is 13.4. The average molecular weight is 348 g/mol. The van der Waals surface area contributed by atoms with Gasteiger partial charge in [-0.15, -0.1) is 0 Å². The Labute approximate surface area is 137 Å². The zero-order chi connectivity index (χ0) is 16.3. The molecule has 0 radical (unpaired) electrons. The van der Waals surface area contributed by atoms with Gasteiger partial charge in [0, 0.05) is 31.3 Å². The Bertz CT molecular complexity index is 566. The van der Waals surface area contributed by atoms with Crippen LogP contribution in [-0.4, -0.2) is 42.2 Å². The molecule has 120 valence electrons. The van der Waals surface area contributed by atoms with E-state index in [1.165, 1.54) is 19.2 Å². The number of carbonyl (C=O) groups is 1. The third-order valence-corrected chi connectivity index (χ3v) is 4.11. The van der Waals surface area contributed by atoms with Crippen LogP contribution in [0.2, 0.25) is 10.0 Å². The predicted octanol–water partition coefficient (Wildman–Crippen LogP) is 3.54. The minimum atomic E-state index is -0.545. The summed E-state index contributed by atoms with van der Waals surface area (Å²) in [5.41, 5.74) is 0.325. The van der Waals surface area contributed by atoms with Crippen LogP contribution in [0, 0.1) is 10.1 Å². The maximum absolute atomic E-state index is 11.4. The number of non-ortho nitro benzene ring substituents is 1. The molecule has 0 saturated carbocycles. The van der Waals surface area contributed by atoms with Crippen molar-refractivity contribution in [2.45, 2.75) is 18.9 Å². The van der Waals surface area contributed by atoms with Crippen LogP contribution in [0.15, 0.2) is 12.1 Å². The van der Waals surface area contributed by atoms with E-state index < -0.39 is 4.92 Å². The second kappa shape index (κ2) is 7.02. The molecule has 0 spiro atoms. The Morgan fingerprint density at radius 1 is 1.36 bits per heavy atom. The van der Waals surface area contributed by atoms with Gasteiger partial charge in [-0.25, -0.2) is 4.79 Å². The molecule has 1 heterocycles. The van der Waals surface area contributed by atoms with E-state index in [4.69, 9.17) is 23.2 Å². The molecule has 1 saturated heterocycles. The van der Waals surface area contributed by atoms with Gasteiger partial charge in [0.25, 0.3) is 5.69 Å². The molecule has 1 N–H and O–H groups in total. The molecule has 7 nitrogen and oxygen atoms in total.